The molecular formula is C26H48N2O6. The van der Waals surface area contributed by atoms with Crippen molar-refractivity contribution in [1.29, 1.82) is 0 Å². The number of carbonyl (C=O) groups excluding carboxylic acids is 3. The van der Waals surface area contributed by atoms with Gasteiger partial charge in [-0.15, -0.1) is 0 Å². The van der Waals surface area contributed by atoms with E-state index in [-0.39, 0.29) is 24.7 Å². The topological polar surface area (TPSA) is 122 Å². The fraction of sp³-hybridized carbons (Fsp3) is 0.846. The summed E-state index contributed by atoms with van der Waals surface area (Å²) in [5.74, 6) is -2.59. The fourth-order valence-corrected chi connectivity index (χ4v) is 3.82. The minimum Gasteiger partial charge on any atom is -0.481 e. The molecule has 1 unspecified atom stereocenters. The number of ether oxygens (including phenoxy) is 1. The average Bonchev–Trinajstić information content (AvgIpc) is 2.82. The van der Waals surface area contributed by atoms with Crippen LogP contribution in [0.4, 0.5) is 0 Å². The molecule has 198 valence electrons. The third kappa shape index (κ3) is 15.7. The molecule has 0 rings (SSSR count). The molecule has 2 amide bonds. The number of methoxy groups -OCH3 is 1. The zero-order valence-electron chi connectivity index (χ0n) is 21.8. The summed E-state index contributed by atoms with van der Waals surface area (Å²) in [4.78, 5) is 48.1. The number of nitrogens with one attached hydrogen (secondary N) is 2. The molecule has 0 aliphatic rings. The van der Waals surface area contributed by atoms with Crippen LogP contribution in [-0.4, -0.2) is 48.1 Å². The Bertz CT molecular complexity index is 596. The van der Waals surface area contributed by atoms with E-state index in [9.17, 15) is 19.2 Å². The predicted octanol–water partition coefficient (Wildman–Crippen LogP) is 4.74. The van der Waals surface area contributed by atoms with Gasteiger partial charge in [0.25, 0.3) is 0 Å². The summed E-state index contributed by atoms with van der Waals surface area (Å²) >= 11 is 0. The van der Waals surface area contributed by atoms with Gasteiger partial charge in [0.15, 0.2) is 0 Å². The Labute approximate surface area is 206 Å². The quantitative estimate of drug-likeness (QED) is 0.160. The van der Waals surface area contributed by atoms with Crippen LogP contribution in [0, 0.1) is 5.92 Å². The number of carboxylic acid groups (broad SMARTS) is 1. The second-order valence-electron chi connectivity index (χ2n) is 9.23. The molecule has 0 radical (unpaired) electrons. The number of hydrogen-bond acceptors (Lipinski definition) is 5. The Balaban J connectivity index is 4.43. The number of carboxylic acids is 1. The lowest BCUT2D eigenvalue weighted by molar-refractivity contribution is -0.146. The maximum absolute atomic E-state index is 12.8. The van der Waals surface area contributed by atoms with E-state index in [1.54, 1.807) is 0 Å². The Morgan fingerprint density at radius 2 is 1.32 bits per heavy atom. The van der Waals surface area contributed by atoms with E-state index in [0.29, 0.717) is 12.8 Å². The maximum atomic E-state index is 12.8. The standard InChI is InChI=1S/C26H48N2O6/c1-5-7-8-9-10-11-12-13-14-15-16-17-22(29)28-24(20(3)6-2)25(32)27-21(26(33)34-4)18-19-23(30)31/h20-21,24H,5-19H2,1-4H3,(H,27,32)(H,28,29)(H,30,31)/t20?,21-,24+/m1/s1. The number of esters is 1. The number of amides is 2. The summed E-state index contributed by atoms with van der Waals surface area (Å²) in [5.41, 5.74) is 0. The van der Waals surface area contributed by atoms with E-state index in [4.69, 9.17) is 5.11 Å². The molecule has 8 heteroatoms. The Morgan fingerprint density at radius 1 is 0.794 bits per heavy atom. The lowest BCUT2D eigenvalue weighted by Crippen LogP contribution is -2.54. The summed E-state index contributed by atoms with van der Waals surface area (Å²) < 4.78 is 4.68. The van der Waals surface area contributed by atoms with Crippen LogP contribution >= 0.6 is 0 Å². The highest BCUT2D eigenvalue weighted by Crippen LogP contribution is 2.13. The summed E-state index contributed by atoms with van der Waals surface area (Å²) in [6, 6.07) is -1.86. The highest BCUT2D eigenvalue weighted by Gasteiger charge is 2.30. The van der Waals surface area contributed by atoms with Crippen molar-refractivity contribution in [3.63, 3.8) is 0 Å². The monoisotopic (exact) mass is 484 g/mol. The number of carbonyl (C=O) groups is 4. The molecule has 0 aromatic carbocycles. The van der Waals surface area contributed by atoms with Crippen LogP contribution in [0.2, 0.25) is 0 Å². The van der Waals surface area contributed by atoms with Crippen molar-refractivity contribution in [1.82, 2.24) is 10.6 Å². The molecule has 0 aliphatic heterocycles. The Hall–Kier alpha value is -2.12. The normalized spacial score (nSPS) is 13.5. The van der Waals surface area contributed by atoms with E-state index >= 15 is 0 Å². The van der Waals surface area contributed by atoms with Crippen molar-refractivity contribution >= 4 is 23.8 Å². The molecule has 0 saturated carbocycles. The van der Waals surface area contributed by atoms with Gasteiger partial charge in [0, 0.05) is 12.8 Å². The predicted molar refractivity (Wildman–Crippen MR) is 133 cm³/mol. The van der Waals surface area contributed by atoms with Crippen molar-refractivity contribution in [2.24, 2.45) is 5.92 Å². The SMILES string of the molecule is CCCCCCCCCCCCCC(=O)N[C@H](C(=O)N[C@H](CCC(=O)O)C(=O)OC)C(C)CC. The molecule has 3 atom stereocenters. The van der Waals surface area contributed by atoms with Gasteiger partial charge in [-0.05, 0) is 18.8 Å². The first kappa shape index (κ1) is 31.9. The highest BCUT2D eigenvalue weighted by molar-refractivity contribution is 5.91. The largest absolute Gasteiger partial charge is 0.481 e. The molecule has 8 nitrogen and oxygen atoms in total. The van der Waals surface area contributed by atoms with Crippen molar-refractivity contribution in [2.45, 2.75) is 129 Å². The van der Waals surface area contributed by atoms with Gasteiger partial charge in [-0.1, -0.05) is 91.4 Å². The third-order valence-corrected chi connectivity index (χ3v) is 6.27. The zero-order valence-corrected chi connectivity index (χ0v) is 21.8. The Kier molecular flexibility index (Phi) is 19.0. The lowest BCUT2D eigenvalue weighted by Gasteiger charge is -2.26. The van der Waals surface area contributed by atoms with E-state index < -0.39 is 29.9 Å². The first-order valence-corrected chi connectivity index (χ1v) is 13.2. The van der Waals surface area contributed by atoms with E-state index in [2.05, 4.69) is 22.3 Å². The first-order valence-electron chi connectivity index (χ1n) is 13.2. The molecule has 0 heterocycles. The zero-order chi connectivity index (χ0) is 25.8. The second-order valence-corrected chi connectivity index (χ2v) is 9.23. The molecule has 0 bridgehead atoms. The van der Waals surface area contributed by atoms with Crippen molar-refractivity contribution < 1.29 is 29.0 Å². The van der Waals surface area contributed by atoms with Gasteiger partial charge in [-0.3, -0.25) is 14.4 Å². The molecule has 34 heavy (non-hydrogen) atoms. The molecule has 3 N–H and O–H groups in total. The minimum atomic E-state index is -1.07. The van der Waals surface area contributed by atoms with Crippen molar-refractivity contribution in [3.8, 4) is 0 Å². The van der Waals surface area contributed by atoms with Crippen LogP contribution < -0.4 is 10.6 Å². The number of rotatable bonds is 21. The number of aliphatic carboxylic acids is 1. The van der Waals surface area contributed by atoms with Crippen LogP contribution in [0.15, 0.2) is 0 Å². The number of unbranched alkanes of at least 4 members (excludes halogenated alkanes) is 10. The van der Waals surface area contributed by atoms with Crippen LogP contribution in [0.1, 0.15) is 117 Å². The number of hydrogen-bond donors (Lipinski definition) is 3. The third-order valence-electron chi connectivity index (χ3n) is 6.27. The van der Waals surface area contributed by atoms with Gasteiger partial charge in [0.05, 0.1) is 7.11 Å². The first-order chi connectivity index (χ1) is 16.3. The minimum absolute atomic E-state index is 0.0757. The van der Waals surface area contributed by atoms with Crippen LogP contribution in [0.25, 0.3) is 0 Å². The summed E-state index contributed by atoms with van der Waals surface area (Å²) in [6.45, 7) is 6.01. The summed E-state index contributed by atoms with van der Waals surface area (Å²) in [7, 11) is 1.18. The lowest BCUT2D eigenvalue weighted by atomic mass is 9.97. The van der Waals surface area contributed by atoms with Gasteiger partial charge in [0.1, 0.15) is 12.1 Å². The maximum Gasteiger partial charge on any atom is 0.328 e. The van der Waals surface area contributed by atoms with Gasteiger partial charge in [-0.2, -0.15) is 0 Å². The second kappa shape index (κ2) is 20.3. The molecule has 0 saturated heterocycles. The van der Waals surface area contributed by atoms with Gasteiger partial charge in [0.2, 0.25) is 11.8 Å². The molecule has 0 aromatic heterocycles. The van der Waals surface area contributed by atoms with Gasteiger partial charge in [-0.25, -0.2) is 4.79 Å². The van der Waals surface area contributed by atoms with E-state index in [1.807, 2.05) is 13.8 Å². The average molecular weight is 485 g/mol. The van der Waals surface area contributed by atoms with E-state index in [1.165, 1.54) is 58.5 Å². The van der Waals surface area contributed by atoms with Crippen molar-refractivity contribution in [3.05, 3.63) is 0 Å². The van der Waals surface area contributed by atoms with Crippen LogP contribution in [-0.2, 0) is 23.9 Å². The molecular weight excluding hydrogens is 436 g/mol. The Morgan fingerprint density at radius 3 is 1.79 bits per heavy atom. The molecule has 0 aromatic rings. The van der Waals surface area contributed by atoms with Crippen molar-refractivity contribution in [2.75, 3.05) is 7.11 Å². The smallest absolute Gasteiger partial charge is 0.328 e. The highest BCUT2D eigenvalue weighted by atomic mass is 16.5. The molecule has 0 fully saturated rings. The van der Waals surface area contributed by atoms with Crippen LogP contribution in [0.3, 0.4) is 0 Å². The summed E-state index contributed by atoms with van der Waals surface area (Å²) in [6.07, 6.45) is 13.9. The fourth-order valence-electron chi connectivity index (χ4n) is 3.82. The molecule has 0 spiro atoms. The van der Waals surface area contributed by atoms with E-state index in [0.717, 1.165) is 19.3 Å². The van der Waals surface area contributed by atoms with Crippen LogP contribution in [0.5, 0.6) is 0 Å². The van der Waals surface area contributed by atoms with Gasteiger partial charge >= 0.3 is 11.9 Å². The molecule has 0 aliphatic carbocycles. The summed E-state index contributed by atoms with van der Waals surface area (Å²) in [5, 5.41) is 14.3. The van der Waals surface area contributed by atoms with Gasteiger partial charge < -0.3 is 20.5 Å².